The van der Waals surface area contributed by atoms with Crippen LogP contribution >= 0.6 is 0 Å². The number of rotatable bonds is 4. The zero-order valence-electron chi connectivity index (χ0n) is 14.1. The lowest BCUT2D eigenvalue weighted by Gasteiger charge is -2.19. The summed E-state index contributed by atoms with van der Waals surface area (Å²) in [6.07, 6.45) is 0.810. The van der Waals surface area contributed by atoms with Crippen molar-refractivity contribution in [2.75, 3.05) is 18.9 Å². The predicted molar refractivity (Wildman–Crippen MR) is 97.2 cm³/mol. The topological polar surface area (TPSA) is 78.8 Å². The molecule has 1 amide bonds. The van der Waals surface area contributed by atoms with Gasteiger partial charge in [-0.25, -0.2) is 0 Å². The van der Waals surface area contributed by atoms with E-state index in [-0.39, 0.29) is 23.2 Å². The van der Waals surface area contributed by atoms with Crippen LogP contribution < -0.4 is 5.32 Å². The Morgan fingerprint density at radius 3 is 2.56 bits per heavy atom. The monoisotopic (exact) mass is 357 g/mol. The molecule has 7 heteroatoms. The summed E-state index contributed by atoms with van der Waals surface area (Å²) in [5.74, 6) is 0.0578. The number of fused-ring (bicyclic) bond motifs is 1. The summed E-state index contributed by atoms with van der Waals surface area (Å²) >= 11 is 0. The Kier molecular flexibility index (Phi) is 4.59. The van der Waals surface area contributed by atoms with Gasteiger partial charge in [-0.2, -0.15) is 8.42 Å². The smallest absolute Gasteiger partial charge is 0.285 e. The first-order chi connectivity index (χ1) is 11.9. The van der Waals surface area contributed by atoms with Crippen LogP contribution in [0.5, 0.6) is 0 Å². The van der Waals surface area contributed by atoms with Gasteiger partial charge in [0.25, 0.3) is 10.0 Å². The van der Waals surface area contributed by atoms with Crippen molar-refractivity contribution in [1.29, 1.82) is 0 Å². The van der Waals surface area contributed by atoms with Crippen LogP contribution in [-0.2, 0) is 21.2 Å². The number of likely N-dealkylation sites (N-methyl/N-ethyl adjacent to an activating group) is 1. The number of nitrogens with one attached hydrogen (secondary N) is 1. The lowest BCUT2D eigenvalue weighted by molar-refractivity contribution is -0.116. The minimum atomic E-state index is -3.69. The Morgan fingerprint density at radius 1 is 1.12 bits per heavy atom. The second kappa shape index (κ2) is 6.68. The van der Waals surface area contributed by atoms with E-state index < -0.39 is 10.0 Å². The molecule has 0 radical (unpaired) electrons. The van der Waals surface area contributed by atoms with Crippen molar-refractivity contribution in [2.24, 2.45) is 4.40 Å². The number of aryl methyl sites for hydroxylation is 1. The highest BCUT2D eigenvalue weighted by atomic mass is 32.2. The van der Waals surface area contributed by atoms with Gasteiger partial charge in [0.1, 0.15) is 4.90 Å². The lowest BCUT2D eigenvalue weighted by atomic mass is 10.1. The molecule has 0 aliphatic carbocycles. The van der Waals surface area contributed by atoms with Crippen LogP contribution in [0.3, 0.4) is 0 Å². The van der Waals surface area contributed by atoms with Crippen LogP contribution in [0.15, 0.2) is 57.8 Å². The normalized spacial score (nSPS) is 14.6. The van der Waals surface area contributed by atoms with E-state index in [1.807, 2.05) is 31.2 Å². The van der Waals surface area contributed by atoms with E-state index in [4.69, 9.17) is 0 Å². The van der Waals surface area contributed by atoms with Gasteiger partial charge in [-0.1, -0.05) is 37.3 Å². The minimum Gasteiger partial charge on any atom is -0.349 e. The molecule has 2 aromatic rings. The number of nitrogens with zero attached hydrogens (tertiary/aromatic N) is 2. The van der Waals surface area contributed by atoms with Crippen LogP contribution in [0.25, 0.3) is 0 Å². The first kappa shape index (κ1) is 17.2. The largest absolute Gasteiger partial charge is 0.349 e. The van der Waals surface area contributed by atoms with Crippen LogP contribution in [0.1, 0.15) is 18.1 Å². The molecule has 0 spiro atoms. The summed E-state index contributed by atoms with van der Waals surface area (Å²) in [5, 5.41) is 2.88. The summed E-state index contributed by atoms with van der Waals surface area (Å²) in [5.41, 5.74) is 2.33. The predicted octanol–water partition coefficient (Wildman–Crippen LogP) is 2.27. The molecular weight excluding hydrogens is 338 g/mol. The molecule has 0 saturated carbocycles. The van der Waals surface area contributed by atoms with E-state index in [1.54, 1.807) is 30.1 Å². The molecule has 0 atom stereocenters. The van der Waals surface area contributed by atoms with Gasteiger partial charge in [-0.05, 0) is 30.2 Å². The van der Waals surface area contributed by atoms with Gasteiger partial charge >= 0.3 is 0 Å². The molecule has 0 saturated heterocycles. The lowest BCUT2D eigenvalue weighted by Crippen LogP contribution is -2.35. The quantitative estimate of drug-likeness (QED) is 0.910. The number of amides is 1. The van der Waals surface area contributed by atoms with Crippen molar-refractivity contribution >= 4 is 27.5 Å². The third kappa shape index (κ3) is 3.41. The fourth-order valence-corrected chi connectivity index (χ4v) is 4.05. The molecule has 1 heterocycles. The highest BCUT2D eigenvalue weighted by Gasteiger charge is 2.30. The maximum absolute atomic E-state index is 12.4. The third-order valence-corrected chi connectivity index (χ3v) is 5.35. The van der Waals surface area contributed by atoms with Crippen molar-refractivity contribution in [1.82, 2.24) is 4.90 Å². The van der Waals surface area contributed by atoms with Crippen molar-refractivity contribution in [3.63, 3.8) is 0 Å². The first-order valence-electron chi connectivity index (χ1n) is 7.95. The molecule has 0 fully saturated rings. The third-order valence-electron chi connectivity index (χ3n) is 4.03. The number of hydrogen-bond donors (Lipinski definition) is 1. The molecule has 1 aliphatic heterocycles. The maximum Gasteiger partial charge on any atom is 0.285 e. The van der Waals surface area contributed by atoms with Crippen LogP contribution in [0, 0.1) is 0 Å². The Labute approximate surface area is 147 Å². The van der Waals surface area contributed by atoms with Crippen molar-refractivity contribution in [2.45, 2.75) is 18.2 Å². The number of anilines is 1. The first-order valence-corrected chi connectivity index (χ1v) is 9.39. The Hall–Kier alpha value is -2.67. The van der Waals surface area contributed by atoms with Crippen LogP contribution in [0.4, 0.5) is 5.69 Å². The van der Waals surface area contributed by atoms with Crippen molar-refractivity contribution in [3.8, 4) is 0 Å². The van der Waals surface area contributed by atoms with Gasteiger partial charge in [0.2, 0.25) is 5.91 Å². The van der Waals surface area contributed by atoms with E-state index in [0.717, 1.165) is 17.7 Å². The second-order valence-corrected chi connectivity index (χ2v) is 7.37. The fraction of sp³-hybridized carbons (Fsp3) is 0.222. The number of carbonyl (C=O) groups is 1. The molecule has 6 nitrogen and oxygen atoms in total. The van der Waals surface area contributed by atoms with E-state index >= 15 is 0 Å². The molecule has 25 heavy (non-hydrogen) atoms. The summed E-state index contributed by atoms with van der Waals surface area (Å²) < 4.78 is 28.0. The van der Waals surface area contributed by atoms with Gasteiger partial charge in [0.15, 0.2) is 5.84 Å². The molecule has 1 aliphatic rings. The van der Waals surface area contributed by atoms with E-state index in [2.05, 4.69) is 9.71 Å². The minimum absolute atomic E-state index is 0.000730. The average Bonchev–Trinajstić information content (AvgIpc) is 2.87. The zero-order chi connectivity index (χ0) is 18.0. The Bertz CT molecular complexity index is 952. The molecule has 0 unspecified atom stereocenters. The van der Waals surface area contributed by atoms with E-state index in [9.17, 15) is 13.2 Å². The van der Waals surface area contributed by atoms with Gasteiger partial charge in [-0.3, -0.25) is 4.79 Å². The molecule has 0 bridgehead atoms. The fourth-order valence-electron chi connectivity index (χ4n) is 2.79. The Balaban J connectivity index is 1.77. The average molecular weight is 357 g/mol. The number of para-hydroxylation sites is 1. The molecule has 1 N–H and O–H groups in total. The summed E-state index contributed by atoms with van der Waals surface area (Å²) in [6.45, 7) is 2.02. The van der Waals surface area contributed by atoms with Crippen LogP contribution in [0.2, 0.25) is 0 Å². The highest BCUT2D eigenvalue weighted by Crippen LogP contribution is 2.26. The summed E-state index contributed by atoms with van der Waals surface area (Å²) in [4.78, 5) is 14.1. The van der Waals surface area contributed by atoms with Crippen molar-refractivity contribution in [3.05, 3.63) is 59.7 Å². The standard InChI is InChI=1S/C18H19N3O3S/c1-3-13-8-4-6-10-15(13)19-17(22)12-21(2)18-14-9-5-7-11-16(14)25(23,24)20-18/h4-11H,3,12H2,1-2H3,(H,19,22). The molecule has 3 rings (SSSR count). The van der Waals surface area contributed by atoms with Gasteiger partial charge < -0.3 is 10.2 Å². The number of carbonyl (C=O) groups excluding carboxylic acids is 1. The zero-order valence-corrected chi connectivity index (χ0v) is 14.9. The van der Waals surface area contributed by atoms with Gasteiger partial charge in [0.05, 0.1) is 6.54 Å². The summed E-state index contributed by atoms with van der Waals surface area (Å²) in [6, 6.07) is 14.2. The van der Waals surface area contributed by atoms with E-state index in [0.29, 0.717) is 5.56 Å². The SMILES string of the molecule is CCc1ccccc1NC(=O)CN(C)C1=NS(=O)(=O)c2ccccc21. The Morgan fingerprint density at radius 2 is 1.80 bits per heavy atom. The number of benzene rings is 2. The molecular formula is C18H19N3O3S. The number of hydrogen-bond acceptors (Lipinski definition) is 4. The van der Waals surface area contributed by atoms with Crippen LogP contribution in [-0.4, -0.2) is 38.7 Å². The maximum atomic E-state index is 12.4. The summed E-state index contributed by atoms with van der Waals surface area (Å²) in [7, 11) is -2.04. The second-order valence-electron chi connectivity index (χ2n) is 5.80. The number of sulfonamides is 1. The molecule has 0 aromatic heterocycles. The van der Waals surface area contributed by atoms with Crippen molar-refractivity contribution < 1.29 is 13.2 Å². The highest BCUT2D eigenvalue weighted by molar-refractivity contribution is 7.90. The van der Waals surface area contributed by atoms with Gasteiger partial charge in [-0.15, -0.1) is 4.40 Å². The van der Waals surface area contributed by atoms with Gasteiger partial charge in [0, 0.05) is 18.3 Å². The van der Waals surface area contributed by atoms with E-state index in [1.165, 1.54) is 6.07 Å². The molecule has 130 valence electrons. The number of amidine groups is 1. The molecule has 2 aromatic carbocycles.